The summed E-state index contributed by atoms with van der Waals surface area (Å²) in [6.45, 7) is 8.75. The van der Waals surface area contributed by atoms with Gasteiger partial charge < -0.3 is 20.3 Å². The maximum absolute atomic E-state index is 12.1. The number of rotatable bonds is 8. The second-order valence-corrected chi connectivity index (χ2v) is 6.09. The second kappa shape index (κ2) is 10.7. The Balaban J connectivity index is 1.84. The highest BCUT2D eigenvalue weighted by Crippen LogP contribution is 2.08. The summed E-state index contributed by atoms with van der Waals surface area (Å²) in [7, 11) is 0. The number of nitrogens with one attached hydrogen (secondary N) is 2. The van der Waals surface area contributed by atoms with Gasteiger partial charge in [0.25, 0.3) is 0 Å². The Bertz CT molecular complexity index is 551. The van der Waals surface area contributed by atoms with E-state index in [1.165, 1.54) is 0 Å². The molecule has 1 amide bonds. The number of nitrogens with zero attached hydrogens (tertiary/aromatic N) is 2. The van der Waals surface area contributed by atoms with E-state index >= 15 is 0 Å². The van der Waals surface area contributed by atoms with Gasteiger partial charge in [-0.1, -0.05) is 24.3 Å². The van der Waals surface area contributed by atoms with E-state index in [0.29, 0.717) is 25.7 Å². The Hall–Kier alpha value is -2.08. The highest BCUT2D eigenvalue weighted by atomic mass is 16.5. The summed E-state index contributed by atoms with van der Waals surface area (Å²) in [6.07, 6.45) is 2.22. The highest BCUT2D eigenvalue weighted by Gasteiger charge is 2.17. The van der Waals surface area contributed by atoms with Crippen LogP contribution in [0.15, 0.2) is 29.3 Å². The third-order valence-electron chi connectivity index (χ3n) is 4.13. The molecule has 1 aromatic carbocycles. The molecule has 6 heteroatoms. The summed E-state index contributed by atoms with van der Waals surface area (Å²) in [5.41, 5.74) is 2.29. The molecule has 1 aliphatic heterocycles. The topological polar surface area (TPSA) is 66.0 Å². The minimum atomic E-state index is 0.142. The number of aliphatic imine (C=N–C) groups is 1. The SMILES string of the molecule is CCNC(=NCc1ccc(COCC)cc1)NCC(=O)N1CCCC1. The van der Waals surface area contributed by atoms with Crippen LogP contribution in [0.25, 0.3) is 0 Å². The fourth-order valence-electron chi connectivity index (χ4n) is 2.71. The van der Waals surface area contributed by atoms with Gasteiger partial charge in [-0.15, -0.1) is 0 Å². The number of carbonyl (C=O) groups excluding carboxylic acids is 1. The summed E-state index contributed by atoms with van der Waals surface area (Å²) in [5.74, 6) is 0.816. The Morgan fingerprint density at radius 1 is 1.12 bits per heavy atom. The molecule has 25 heavy (non-hydrogen) atoms. The number of likely N-dealkylation sites (tertiary alicyclic amines) is 1. The van der Waals surface area contributed by atoms with Crippen molar-refractivity contribution in [2.75, 3.05) is 32.8 Å². The van der Waals surface area contributed by atoms with Crippen LogP contribution in [0.4, 0.5) is 0 Å². The summed E-state index contributed by atoms with van der Waals surface area (Å²) in [4.78, 5) is 18.6. The molecule has 0 aliphatic carbocycles. The average Bonchev–Trinajstić information content (AvgIpc) is 3.17. The average molecular weight is 346 g/mol. The maximum Gasteiger partial charge on any atom is 0.241 e. The number of carbonyl (C=O) groups is 1. The van der Waals surface area contributed by atoms with Crippen LogP contribution in [0.2, 0.25) is 0 Å². The zero-order chi connectivity index (χ0) is 17.9. The molecule has 0 atom stereocenters. The van der Waals surface area contributed by atoms with Crippen molar-refractivity contribution in [1.82, 2.24) is 15.5 Å². The molecule has 0 bridgehead atoms. The van der Waals surface area contributed by atoms with Gasteiger partial charge in [0.2, 0.25) is 5.91 Å². The van der Waals surface area contributed by atoms with Gasteiger partial charge in [0.15, 0.2) is 5.96 Å². The number of hydrogen-bond acceptors (Lipinski definition) is 3. The first-order valence-electron chi connectivity index (χ1n) is 9.18. The van der Waals surface area contributed by atoms with Gasteiger partial charge >= 0.3 is 0 Å². The Kier molecular flexibility index (Phi) is 8.25. The fraction of sp³-hybridized carbons (Fsp3) is 0.579. The van der Waals surface area contributed by atoms with Crippen molar-refractivity contribution in [3.63, 3.8) is 0 Å². The van der Waals surface area contributed by atoms with E-state index in [-0.39, 0.29) is 5.91 Å². The van der Waals surface area contributed by atoms with Gasteiger partial charge in [0.1, 0.15) is 0 Å². The van der Waals surface area contributed by atoms with E-state index in [9.17, 15) is 4.79 Å². The maximum atomic E-state index is 12.1. The number of amides is 1. The molecule has 0 aromatic heterocycles. The van der Waals surface area contributed by atoms with Crippen molar-refractivity contribution in [3.05, 3.63) is 35.4 Å². The number of benzene rings is 1. The molecule has 138 valence electrons. The van der Waals surface area contributed by atoms with E-state index in [0.717, 1.165) is 50.2 Å². The van der Waals surface area contributed by atoms with E-state index < -0.39 is 0 Å². The number of ether oxygens (including phenoxy) is 1. The Labute approximate surface area is 150 Å². The standard InChI is InChI=1S/C19H30N4O2/c1-3-20-19(22-14-18(24)23-11-5-6-12-23)21-13-16-7-9-17(10-8-16)15-25-4-2/h7-10H,3-6,11-15H2,1-2H3,(H2,20,21,22). The van der Waals surface area contributed by atoms with Gasteiger partial charge in [0, 0.05) is 26.2 Å². The van der Waals surface area contributed by atoms with Gasteiger partial charge in [-0.3, -0.25) is 4.79 Å². The molecule has 0 saturated carbocycles. The molecule has 2 N–H and O–H groups in total. The zero-order valence-electron chi connectivity index (χ0n) is 15.4. The third-order valence-corrected chi connectivity index (χ3v) is 4.13. The summed E-state index contributed by atoms with van der Waals surface area (Å²) in [5, 5.41) is 6.32. The second-order valence-electron chi connectivity index (χ2n) is 6.09. The van der Waals surface area contributed by atoms with Crippen molar-refractivity contribution in [2.24, 2.45) is 4.99 Å². The summed E-state index contributed by atoms with van der Waals surface area (Å²) >= 11 is 0. The van der Waals surface area contributed by atoms with Gasteiger partial charge in [-0.05, 0) is 37.8 Å². The van der Waals surface area contributed by atoms with E-state index in [2.05, 4.69) is 39.9 Å². The lowest BCUT2D eigenvalue weighted by molar-refractivity contribution is -0.128. The Morgan fingerprint density at radius 3 is 2.44 bits per heavy atom. The molecule has 0 unspecified atom stereocenters. The lowest BCUT2D eigenvalue weighted by atomic mass is 10.1. The first-order valence-corrected chi connectivity index (χ1v) is 9.18. The van der Waals surface area contributed by atoms with E-state index in [1.807, 2.05) is 18.7 Å². The molecule has 0 radical (unpaired) electrons. The van der Waals surface area contributed by atoms with Gasteiger partial charge in [-0.2, -0.15) is 0 Å². The molecule has 2 rings (SSSR count). The zero-order valence-corrected chi connectivity index (χ0v) is 15.4. The van der Waals surface area contributed by atoms with Crippen LogP contribution in [-0.2, 0) is 22.7 Å². The molecule has 1 aliphatic rings. The Morgan fingerprint density at radius 2 is 1.80 bits per heavy atom. The molecule has 1 heterocycles. The number of hydrogen-bond donors (Lipinski definition) is 2. The fourth-order valence-corrected chi connectivity index (χ4v) is 2.71. The molecule has 1 saturated heterocycles. The van der Waals surface area contributed by atoms with Crippen LogP contribution in [0.1, 0.15) is 37.8 Å². The van der Waals surface area contributed by atoms with E-state index in [1.54, 1.807) is 0 Å². The predicted molar refractivity (Wildman–Crippen MR) is 100 cm³/mol. The largest absolute Gasteiger partial charge is 0.377 e. The van der Waals surface area contributed by atoms with Crippen LogP contribution in [0, 0.1) is 0 Å². The van der Waals surface area contributed by atoms with Gasteiger partial charge in [-0.25, -0.2) is 4.99 Å². The lowest BCUT2D eigenvalue weighted by Crippen LogP contribution is -2.44. The third kappa shape index (κ3) is 6.74. The van der Waals surface area contributed by atoms with Crippen LogP contribution in [0.3, 0.4) is 0 Å². The number of guanidine groups is 1. The quantitative estimate of drug-likeness (QED) is 0.557. The molecular formula is C19H30N4O2. The van der Waals surface area contributed by atoms with Crippen molar-refractivity contribution in [2.45, 2.75) is 39.8 Å². The van der Waals surface area contributed by atoms with Crippen molar-refractivity contribution < 1.29 is 9.53 Å². The molecule has 1 aromatic rings. The summed E-state index contributed by atoms with van der Waals surface area (Å²) in [6, 6.07) is 8.27. The minimum Gasteiger partial charge on any atom is -0.377 e. The molecule has 6 nitrogen and oxygen atoms in total. The van der Waals surface area contributed by atoms with Crippen LogP contribution < -0.4 is 10.6 Å². The van der Waals surface area contributed by atoms with Crippen molar-refractivity contribution in [3.8, 4) is 0 Å². The summed E-state index contributed by atoms with van der Waals surface area (Å²) < 4.78 is 5.40. The van der Waals surface area contributed by atoms with E-state index in [4.69, 9.17) is 4.74 Å². The van der Waals surface area contributed by atoms with Crippen LogP contribution >= 0.6 is 0 Å². The van der Waals surface area contributed by atoms with Crippen molar-refractivity contribution >= 4 is 11.9 Å². The predicted octanol–water partition coefficient (Wildman–Crippen LogP) is 1.90. The van der Waals surface area contributed by atoms with Gasteiger partial charge in [0.05, 0.1) is 19.7 Å². The monoisotopic (exact) mass is 346 g/mol. The minimum absolute atomic E-state index is 0.142. The highest BCUT2D eigenvalue weighted by molar-refractivity contribution is 5.86. The molecular weight excluding hydrogens is 316 g/mol. The van der Waals surface area contributed by atoms with Crippen LogP contribution in [-0.4, -0.2) is 49.6 Å². The van der Waals surface area contributed by atoms with Crippen LogP contribution in [0.5, 0.6) is 0 Å². The normalized spacial score (nSPS) is 14.6. The molecule has 1 fully saturated rings. The first-order chi connectivity index (χ1) is 12.2. The first kappa shape index (κ1) is 19.2. The van der Waals surface area contributed by atoms with Crippen molar-refractivity contribution in [1.29, 1.82) is 0 Å². The lowest BCUT2D eigenvalue weighted by Gasteiger charge is -2.17. The molecule has 0 spiro atoms. The smallest absolute Gasteiger partial charge is 0.241 e.